The van der Waals surface area contributed by atoms with Crippen molar-refractivity contribution in [1.82, 2.24) is 9.80 Å². The number of rotatable bonds is 14. The number of hydrogen-bond donors (Lipinski definition) is 1. The summed E-state index contributed by atoms with van der Waals surface area (Å²) >= 11 is 0. The molecule has 0 bridgehead atoms. The van der Waals surface area contributed by atoms with Gasteiger partial charge in [-0.05, 0) is 36.8 Å². The van der Waals surface area contributed by atoms with E-state index in [1.807, 2.05) is 0 Å². The third-order valence-corrected chi connectivity index (χ3v) is 6.09. The molecular weight excluding hydrogens is 536 g/mol. The summed E-state index contributed by atoms with van der Waals surface area (Å²) in [5.74, 6) is -4.46. The predicted octanol–water partition coefficient (Wildman–Crippen LogP) is 4.40. The van der Waals surface area contributed by atoms with E-state index in [-0.39, 0.29) is 29.9 Å². The molecule has 1 aliphatic heterocycles. The van der Waals surface area contributed by atoms with E-state index in [2.05, 4.69) is 18.4 Å². The largest absolute Gasteiger partial charge is 0.478 e. The van der Waals surface area contributed by atoms with Gasteiger partial charge in [0.05, 0.1) is 25.1 Å². The van der Waals surface area contributed by atoms with Gasteiger partial charge < -0.3 is 19.6 Å². The zero-order valence-corrected chi connectivity index (χ0v) is 22.0. The van der Waals surface area contributed by atoms with E-state index in [0.717, 1.165) is 30.7 Å². The smallest absolute Gasteiger partial charge is 0.335 e. The molecule has 0 spiro atoms. The average Bonchev–Trinajstić information content (AvgIpc) is 2.89. The van der Waals surface area contributed by atoms with Gasteiger partial charge in [-0.25, -0.2) is 22.4 Å². The minimum atomic E-state index is -3.61. The number of amides is 2. The second kappa shape index (κ2) is 15.1. The van der Waals surface area contributed by atoms with Crippen LogP contribution in [0.2, 0.25) is 0 Å². The summed E-state index contributed by atoms with van der Waals surface area (Å²) in [7, 11) is 0. The Kier molecular flexibility index (Phi) is 12.2. The molecule has 40 heavy (non-hydrogen) atoms. The summed E-state index contributed by atoms with van der Waals surface area (Å²) in [6.45, 7) is 1.27. The van der Waals surface area contributed by atoms with Crippen molar-refractivity contribution in [3.63, 3.8) is 0 Å². The van der Waals surface area contributed by atoms with Crippen molar-refractivity contribution in [2.75, 3.05) is 32.8 Å². The Morgan fingerprint density at radius 1 is 1.00 bits per heavy atom. The van der Waals surface area contributed by atoms with Crippen molar-refractivity contribution in [2.24, 2.45) is 0 Å². The van der Waals surface area contributed by atoms with E-state index < -0.39 is 62.2 Å². The maximum absolute atomic E-state index is 14.8. The van der Waals surface area contributed by atoms with Crippen molar-refractivity contribution < 1.29 is 46.6 Å². The van der Waals surface area contributed by atoms with Crippen LogP contribution < -0.4 is 0 Å². The summed E-state index contributed by atoms with van der Waals surface area (Å²) < 4.78 is 61.8. The van der Waals surface area contributed by atoms with Gasteiger partial charge in [0.25, 0.3) is 17.8 Å². The van der Waals surface area contributed by atoms with E-state index >= 15 is 0 Å². The zero-order chi connectivity index (χ0) is 29.8. The minimum Gasteiger partial charge on any atom is -0.478 e. The van der Waals surface area contributed by atoms with Crippen LogP contribution >= 0.6 is 0 Å². The third kappa shape index (κ3) is 11.1. The number of esters is 1. The molecule has 12 heteroatoms. The fourth-order valence-corrected chi connectivity index (χ4v) is 3.78. The van der Waals surface area contributed by atoms with Crippen LogP contribution in [-0.4, -0.2) is 83.3 Å². The first kappa shape index (κ1) is 32.3. The average molecular weight is 569 g/mol. The lowest BCUT2D eigenvalue weighted by Crippen LogP contribution is -2.43. The Morgan fingerprint density at radius 3 is 2.30 bits per heavy atom. The predicted molar refractivity (Wildman–Crippen MR) is 137 cm³/mol. The number of alkyl halides is 4. The minimum absolute atomic E-state index is 0.136. The normalized spacial score (nSPS) is 13.8. The van der Waals surface area contributed by atoms with Gasteiger partial charge in [0.2, 0.25) is 5.91 Å². The molecule has 218 valence electrons. The van der Waals surface area contributed by atoms with Crippen molar-refractivity contribution >= 4 is 23.8 Å². The molecule has 0 radical (unpaired) electrons. The number of ether oxygens (including phenoxy) is 1. The molecule has 1 aliphatic rings. The van der Waals surface area contributed by atoms with Crippen molar-refractivity contribution in [1.29, 1.82) is 0 Å². The SMILES string of the molecule is C=CC(F)(F)CCN(CC(F)(F)CCOC(=O)CCC(=O)N1CCC#CCCC1)C(=O)c1ccc(C(=O)O)cc1. The summed E-state index contributed by atoms with van der Waals surface area (Å²) in [6, 6.07) is 4.39. The van der Waals surface area contributed by atoms with Crippen molar-refractivity contribution in [2.45, 2.75) is 56.8 Å². The number of halogens is 4. The number of carbonyl (C=O) groups is 4. The van der Waals surface area contributed by atoms with E-state index in [0.29, 0.717) is 36.9 Å². The highest BCUT2D eigenvalue weighted by atomic mass is 19.3. The third-order valence-electron chi connectivity index (χ3n) is 6.09. The number of allylic oxidation sites excluding steroid dienone is 1. The van der Waals surface area contributed by atoms with E-state index in [9.17, 15) is 36.7 Å². The molecule has 0 saturated carbocycles. The lowest BCUT2D eigenvalue weighted by molar-refractivity contribution is -0.148. The first-order chi connectivity index (χ1) is 18.8. The lowest BCUT2D eigenvalue weighted by atomic mass is 10.1. The fourth-order valence-electron chi connectivity index (χ4n) is 3.78. The van der Waals surface area contributed by atoms with E-state index in [4.69, 9.17) is 9.84 Å². The quantitative estimate of drug-likeness (QED) is 0.154. The fraction of sp³-hybridized carbons (Fsp3) is 0.500. The molecule has 2 rings (SSSR count). The molecule has 0 atom stereocenters. The van der Waals surface area contributed by atoms with Gasteiger partial charge in [-0.15, -0.1) is 11.8 Å². The highest BCUT2D eigenvalue weighted by Gasteiger charge is 2.36. The molecular formula is C28H32F4N2O6. The van der Waals surface area contributed by atoms with Crippen LogP contribution in [0.3, 0.4) is 0 Å². The molecule has 0 aliphatic carbocycles. The number of nitrogens with zero attached hydrogens (tertiary/aromatic N) is 2. The molecule has 0 saturated heterocycles. The van der Waals surface area contributed by atoms with Gasteiger partial charge in [0.15, 0.2) is 0 Å². The molecule has 0 aromatic heterocycles. The van der Waals surface area contributed by atoms with Crippen LogP contribution in [0.25, 0.3) is 0 Å². The molecule has 1 heterocycles. The van der Waals surface area contributed by atoms with Crippen molar-refractivity contribution in [3.05, 3.63) is 48.0 Å². The maximum atomic E-state index is 14.8. The van der Waals surface area contributed by atoms with Crippen LogP contribution in [0.1, 0.15) is 65.7 Å². The topological polar surface area (TPSA) is 104 Å². The highest BCUT2D eigenvalue weighted by Crippen LogP contribution is 2.25. The Labute approximate surface area is 229 Å². The second-order valence-corrected chi connectivity index (χ2v) is 9.24. The summed E-state index contributed by atoms with van der Waals surface area (Å²) in [5, 5.41) is 8.99. The van der Waals surface area contributed by atoms with Crippen LogP contribution in [0.15, 0.2) is 36.9 Å². The maximum Gasteiger partial charge on any atom is 0.335 e. The van der Waals surface area contributed by atoms with Gasteiger partial charge in [-0.2, -0.15) is 0 Å². The Balaban J connectivity index is 1.93. The van der Waals surface area contributed by atoms with Gasteiger partial charge in [-0.1, -0.05) is 6.58 Å². The molecule has 0 fully saturated rings. The zero-order valence-electron chi connectivity index (χ0n) is 22.0. The van der Waals surface area contributed by atoms with Gasteiger partial charge >= 0.3 is 11.9 Å². The summed E-state index contributed by atoms with van der Waals surface area (Å²) in [5.41, 5.74) is -0.308. The molecule has 8 nitrogen and oxygen atoms in total. The molecule has 2 amide bonds. The van der Waals surface area contributed by atoms with Crippen LogP contribution in [0.4, 0.5) is 17.6 Å². The lowest BCUT2D eigenvalue weighted by Gasteiger charge is -2.28. The Bertz CT molecular complexity index is 1130. The monoisotopic (exact) mass is 568 g/mol. The van der Waals surface area contributed by atoms with Gasteiger partial charge in [-0.3, -0.25) is 14.4 Å². The highest BCUT2D eigenvalue weighted by molar-refractivity contribution is 5.96. The number of benzene rings is 1. The molecule has 1 aromatic carbocycles. The molecule has 1 aromatic rings. The van der Waals surface area contributed by atoms with E-state index in [1.165, 1.54) is 0 Å². The second-order valence-electron chi connectivity index (χ2n) is 9.24. The molecule has 0 unspecified atom stereocenters. The van der Waals surface area contributed by atoms with Crippen molar-refractivity contribution in [3.8, 4) is 11.8 Å². The first-order valence-corrected chi connectivity index (χ1v) is 12.7. The van der Waals surface area contributed by atoms with Gasteiger partial charge in [0.1, 0.15) is 0 Å². The Morgan fingerprint density at radius 2 is 1.65 bits per heavy atom. The Hall–Kier alpha value is -3.88. The van der Waals surface area contributed by atoms with E-state index in [1.54, 1.807) is 4.90 Å². The van der Waals surface area contributed by atoms with Gasteiger partial charge in [0, 0.05) is 57.3 Å². The number of carboxylic acid groups (broad SMARTS) is 1. The van der Waals surface area contributed by atoms with Crippen LogP contribution in [0.5, 0.6) is 0 Å². The number of carboxylic acids is 1. The number of hydrogen-bond acceptors (Lipinski definition) is 5. The summed E-state index contributed by atoms with van der Waals surface area (Å²) in [4.78, 5) is 50.4. The number of aromatic carboxylic acids is 1. The standard InChI is InChI=1S/C28H32F4N2O6/c1-2-27(29,30)14-18-34(25(37)21-8-10-22(11-9-21)26(38)39)20-28(31,32)15-19-40-24(36)13-12-23(35)33-16-6-4-3-5-7-17-33/h2,8-11H,1,4,6-7,12-20H2,(H,38,39). The van der Waals surface area contributed by atoms with Crippen LogP contribution in [0, 0.1) is 11.8 Å². The van der Waals surface area contributed by atoms with Crippen LogP contribution in [-0.2, 0) is 14.3 Å². The first-order valence-electron chi connectivity index (χ1n) is 12.7. The number of carbonyl (C=O) groups excluding carboxylic acids is 3. The summed E-state index contributed by atoms with van der Waals surface area (Å²) in [6.07, 6.45) is -0.0997. The molecule has 1 N–H and O–H groups in total.